The molecule has 0 saturated heterocycles. The van der Waals surface area contributed by atoms with Crippen molar-refractivity contribution in [1.29, 1.82) is 0 Å². The molecular formula is C21H31N3O5. The number of hydroxylamine groups is 2. The summed E-state index contributed by atoms with van der Waals surface area (Å²) in [5, 5.41) is 15.0. The minimum absolute atomic E-state index is 0.0188. The van der Waals surface area contributed by atoms with Crippen molar-refractivity contribution in [3.05, 3.63) is 48.6 Å². The van der Waals surface area contributed by atoms with Gasteiger partial charge in [0.2, 0.25) is 5.91 Å². The molecule has 0 aromatic heterocycles. The summed E-state index contributed by atoms with van der Waals surface area (Å²) in [5.74, 6) is -1.01. The highest BCUT2D eigenvalue weighted by molar-refractivity contribution is 5.97. The molecule has 2 atom stereocenters. The molecule has 0 unspecified atom stereocenters. The molecule has 0 aliphatic rings. The van der Waals surface area contributed by atoms with Crippen LogP contribution in [-0.4, -0.2) is 53.9 Å². The molecule has 1 aromatic carbocycles. The zero-order valence-electron chi connectivity index (χ0n) is 17.3. The van der Waals surface area contributed by atoms with Crippen molar-refractivity contribution in [2.24, 2.45) is 5.92 Å². The van der Waals surface area contributed by atoms with Crippen LogP contribution >= 0.6 is 0 Å². The molecule has 1 rings (SSSR count). The van der Waals surface area contributed by atoms with Crippen LogP contribution in [0.3, 0.4) is 0 Å². The number of amides is 4. The molecule has 0 bridgehead atoms. The molecule has 1 aromatic rings. The molecule has 8 heteroatoms. The fourth-order valence-electron chi connectivity index (χ4n) is 2.63. The standard InChI is InChI=1S/C21H31N3O5/c1-5-13-29-18(12-11-15(2)3)20(26)24(28)21(27)23-17(19(25)22-4)14-16-9-7-6-8-10-16/h5-10,15,17-18,28H,1,11-14H2,2-4H3,(H,22,25)(H,23,27)/t17-,18-/m0/s1. The molecular weight excluding hydrogens is 374 g/mol. The lowest BCUT2D eigenvalue weighted by molar-refractivity contribution is -0.165. The summed E-state index contributed by atoms with van der Waals surface area (Å²) in [7, 11) is 1.44. The molecule has 3 N–H and O–H groups in total. The maximum Gasteiger partial charge on any atom is 0.349 e. The zero-order chi connectivity index (χ0) is 21.8. The Morgan fingerprint density at radius 2 is 1.86 bits per heavy atom. The van der Waals surface area contributed by atoms with Crippen LogP contribution in [0.5, 0.6) is 0 Å². The van der Waals surface area contributed by atoms with Gasteiger partial charge in [0.1, 0.15) is 12.1 Å². The minimum Gasteiger partial charge on any atom is -0.364 e. The predicted molar refractivity (Wildman–Crippen MR) is 109 cm³/mol. The van der Waals surface area contributed by atoms with Gasteiger partial charge in [0.15, 0.2) is 0 Å². The smallest absolute Gasteiger partial charge is 0.349 e. The van der Waals surface area contributed by atoms with Gasteiger partial charge in [-0.05, 0) is 24.3 Å². The molecule has 0 aliphatic heterocycles. The van der Waals surface area contributed by atoms with Gasteiger partial charge in [0, 0.05) is 13.5 Å². The molecule has 0 heterocycles. The van der Waals surface area contributed by atoms with Crippen molar-refractivity contribution in [2.45, 2.75) is 45.3 Å². The Morgan fingerprint density at radius 3 is 2.41 bits per heavy atom. The maximum absolute atomic E-state index is 12.5. The summed E-state index contributed by atoms with van der Waals surface area (Å²) in [4.78, 5) is 37.1. The number of hydrogen-bond acceptors (Lipinski definition) is 5. The number of rotatable bonds is 11. The lowest BCUT2D eigenvalue weighted by Crippen LogP contribution is -2.54. The van der Waals surface area contributed by atoms with Crippen LogP contribution in [0.2, 0.25) is 0 Å². The normalized spacial score (nSPS) is 12.7. The third kappa shape index (κ3) is 8.45. The molecule has 0 fully saturated rings. The van der Waals surface area contributed by atoms with Crippen LogP contribution in [0.4, 0.5) is 4.79 Å². The number of ether oxygens (including phenoxy) is 1. The molecule has 0 radical (unpaired) electrons. The van der Waals surface area contributed by atoms with E-state index in [4.69, 9.17) is 4.74 Å². The summed E-state index contributed by atoms with van der Waals surface area (Å²) in [6, 6.07) is 7.05. The Bertz CT molecular complexity index is 678. The number of imide groups is 1. The molecule has 8 nitrogen and oxygen atoms in total. The highest BCUT2D eigenvalue weighted by Gasteiger charge is 2.31. The number of nitrogens with one attached hydrogen (secondary N) is 2. The molecule has 0 aliphatic carbocycles. The summed E-state index contributed by atoms with van der Waals surface area (Å²) >= 11 is 0. The Balaban J connectivity index is 2.83. The highest BCUT2D eigenvalue weighted by atomic mass is 16.5. The largest absolute Gasteiger partial charge is 0.364 e. The summed E-state index contributed by atoms with van der Waals surface area (Å²) < 4.78 is 5.42. The van der Waals surface area contributed by atoms with E-state index in [-0.39, 0.29) is 18.1 Å². The van der Waals surface area contributed by atoms with E-state index in [1.54, 1.807) is 0 Å². The Hall–Kier alpha value is -2.71. The van der Waals surface area contributed by atoms with Crippen molar-refractivity contribution in [3.63, 3.8) is 0 Å². The fourth-order valence-corrected chi connectivity index (χ4v) is 2.63. The second kappa shape index (κ2) is 12.7. The molecule has 29 heavy (non-hydrogen) atoms. The topological polar surface area (TPSA) is 108 Å². The van der Waals surface area contributed by atoms with Gasteiger partial charge in [-0.3, -0.25) is 14.8 Å². The van der Waals surface area contributed by atoms with Gasteiger partial charge >= 0.3 is 6.03 Å². The summed E-state index contributed by atoms with van der Waals surface area (Å²) in [5.41, 5.74) is 0.821. The molecule has 0 spiro atoms. The number of carbonyl (C=O) groups is 3. The van der Waals surface area contributed by atoms with E-state index < -0.39 is 30.0 Å². The van der Waals surface area contributed by atoms with Crippen LogP contribution in [0.15, 0.2) is 43.0 Å². The van der Waals surface area contributed by atoms with E-state index in [2.05, 4.69) is 17.2 Å². The number of hydrogen-bond donors (Lipinski definition) is 3. The summed E-state index contributed by atoms with van der Waals surface area (Å²) in [6.45, 7) is 7.64. The second-order valence-electron chi connectivity index (χ2n) is 7.04. The third-order valence-electron chi connectivity index (χ3n) is 4.24. The SMILES string of the molecule is C=CCO[C@@H](CCC(C)C)C(=O)N(O)C(=O)N[C@@H](Cc1ccccc1)C(=O)NC. The van der Waals surface area contributed by atoms with E-state index >= 15 is 0 Å². The van der Waals surface area contributed by atoms with Crippen molar-refractivity contribution >= 4 is 17.8 Å². The number of likely N-dealkylation sites (N-methyl/N-ethyl adjacent to an activating group) is 1. The Morgan fingerprint density at radius 1 is 1.21 bits per heavy atom. The Kier molecular flexibility index (Phi) is 10.6. The second-order valence-corrected chi connectivity index (χ2v) is 7.04. The van der Waals surface area contributed by atoms with Gasteiger partial charge in [-0.2, -0.15) is 0 Å². The first-order chi connectivity index (χ1) is 13.8. The van der Waals surface area contributed by atoms with E-state index in [1.807, 2.05) is 44.2 Å². The number of urea groups is 1. The minimum atomic E-state index is -1.09. The first-order valence-electron chi connectivity index (χ1n) is 9.61. The molecule has 160 valence electrons. The first-order valence-corrected chi connectivity index (χ1v) is 9.61. The monoisotopic (exact) mass is 405 g/mol. The lowest BCUT2D eigenvalue weighted by Gasteiger charge is -2.24. The lowest BCUT2D eigenvalue weighted by atomic mass is 10.0. The summed E-state index contributed by atoms with van der Waals surface area (Å²) in [6.07, 6.45) is 1.73. The zero-order valence-corrected chi connectivity index (χ0v) is 17.3. The van der Waals surface area contributed by atoms with Crippen LogP contribution in [-0.2, 0) is 20.7 Å². The van der Waals surface area contributed by atoms with Gasteiger partial charge in [-0.1, -0.05) is 50.3 Å². The van der Waals surface area contributed by atoms with Crippen LogP contribution in [0, 0.1) is 5.92 Å². The highest BCUT2D eigenvalue weighted by Crippen LogP contribution is 2.12. The first kappa shape index (κ1) is 24.3. The quantitative estimate of drug-likeness (QED) is 0.297. The van der Waals surface area contributed by atoms with Gasteiger partial charge in [0.05, 0.1) is 6.61 Å². The van der Waals surface area contributed by atoms with Crippen molar-refractivity contribution in [3.8, 4) is 0 Å². The van der Waals surface area contributed by atoms with Crippen LogP contribution in [0.1, 0.15) is 32.3 Å². The molecule has 0 saturated carbocycles. The predicted octanol–water partition coefficient (Wildman–Crippen LogP) is 2.28. The van der Waals surface area contributed by atoms with Gasteiger partial charge in [-0.25, -0.2) is 4.79 Å². The van der Waals surface area contributed by atoms with E-state index in [0.29, 0.717) is 18.8 Å². The van der Waals surface area contributed by atoms with Gasteiger partial charge in [0.25, 0.3) is 5.91 Å². The van der Waals surface area contributed by atoms with Crippen molar-refractivity contribution in [1.82, 2.24) is 15.7 Å². The number of carbonyl (C=O) groups excluding carboxylic acids is 3. The van der Waals surface area contributed by atoms with Crippen LogP contribution < -0.4 is 10.6 Å². The molecule has 4 amide bonds. The van der Waals surface area contributed by atoms with E-state index in [0.717, 1.165) is 5.56 Å². The van der Waals surface area contributed by atoms with Gasteiger partial charge in [-0.15, -0.1) is 11.6 Å². The third-order valence-corrected chi connectivity index (χ3v) is 4.24. The van der Waals surface area contributed by atoms with Crippen LogP contribution in [0.25, 0.3) is 0 Å². The number of nitrogens with zero attached hydrogens (tertiary/aromatic N) is 1. The number of benzene rings is 1. The van der Waals surface area contributed by atoms with Crippen molar-refractivity contribution in [2.75, 3.05) is 13.7 Å². The Labute approximate surface area is 171 Å². The maximum atomic E-state index is 12.5. The van der Waals surface area contributed by atoms with Crippen molar-refractivity contribution < 1.29 is 24.3 Å². The van der Waals surface area contributed by atoms with E-state index in [9.17, 15) is 19.6 Å². The average Bonchev–Trinajstić information content (AvgIpc) is 2.72. The average molecular weight is 405 g/mol. The van der Waals surface area contributed by atoms with E-state index in [1.165, 1.54) is 13.1 Å². The fraction of sp³-hybridized carbons (Fsp3) is 0.476. The van der Waals surface area contributed by atoms with Gasteiger partial charge < -0.3 is 15.4 Å².